The minimum Gasteiger partial charge on any atom is -0.394 e. The first-order valence-electron chi connectivity index (χ1n) is 29.4. The van der Waals surface area contributed by atoms with Crippen molar-refractivity contribution in [3.63, 3.8) is 0 Å². The molecule has 422 valence electrons. The molecule has 0 aliphatic carbocycles. The highest BCUT2D eigenvalue weighted by Gasteiger charge is 2.48. The molecule has 15 heteroatoms. The van der Waals surface area contributed by atoms with Gasteiger partial charge in [-0.25, -0.2) is 0 Å². The number of hydrogen-bond acceptors (Lipinski definition) is 14. The zero-order chi connectivity index (χ0) is 51.9. The van der Waals surface area contributed by atoms with Crippen molar-refractivity contribution < 1.29 is 69.7 Å². The van der Waals surface area contributed by atoms with E-state index >= 15 is 0 Å². The number of carbonyl (C=O) groups is 1. The van der Waals surface area contributed by atoms with Crippen LogP contribution in [0.3, 0.4) is 0 Å². The summed E-state index contributed by atoms with van der Waals surface area (Å²) in [5.74, 6) is -0.315. The summed E-state index contributed by atoms with van der Waals surface area (Å²) in [6.07, 6.45) is 25.5. The first-order chi connectivity index (χ1) is 34.5. The maximum absolute atomic E-state index is 13.3. The van der Waals surface area contributed by atoms with Crippen LogP contribution < -0.4 is 5.32 Å². The van der Waals surface area contributed by atoms with Crippen molar-refractivity contribution in [3.05, 3.63) is 0 Å². The number of aliphatic hydroxyl groups excluding tert-OH is 9. The Kier molecular flexibility index (Phi) is 40.1. The van der Waals surface area contributed by atoms with Crippen molar-refractivity contribution in [2.24, 2.45) is 0 Å². The third kappa shape index (κ3) is 29.7. The van der Waals surface area contributed by atoms with E-state index in [1.54, 1.807) is 0 Å². The van der Waals surface area contributed by atoms with Gasteiger partial charge in [0.25, 0.3) is 0 Å². The molecule has 2 aliphatic rings. The highest BCUT2D eigenvalue weighted by Crippen LogP contribution is 2.27. The van der Waals surface area contributed by atoms with Gasteiger partial charge in [-0.1, -0.05) is 232 Å². The van der Waals surface area contributed by atoms with Crippen LogP contribution in [0.1, 0.15) is 251 Å². The van der Waals surface area contributed by atoms with Crippen molar-refractivity contribution in [1.82, 2.24) is 5.32 Å². The Bertz CT molecular complexity index is 1220. The van der Waals surface area contributed by atoms with Gasteiger partial charge in [0.2, 0.25) is 5.91 Å². The molecule has 0 saturated carbocycles. The predicted octanol–water partition coefficient (Wildman–Crippen LogP) is 8.31. The van der Waals surface area contributed by atoms with Gasteiger partial charge < -0.3 is 70.2 Å². The molecule has 0 aromatic rings. The fourth-order valence-electron chi connectivity index (χ4n) is 9.99. The Morgan fingerprint density at radius 1 is 0.451 bits per heavy atom. The summed E-state index contributed by atoms with van der Waals surface area (Å²) in [6.45, 7) is 2.88. The summed E-state index contributed by atoms with van der Waals surface area (Å²) in [5.41, 5.74) is 0. The van der Waals surface area contributed by atoms with Crippen molar-refractivity contribution in [2.75, 3.05) is 19.8 Å². The van der Waals surface area contributed by atoms with Gasteiger partial charge in [0.05, 0.1) is 32.0 Å². The average molecular weight is 1020 g/mol. The van der Waals surface area contributed by atoms with Gasteiger partial charge in [-0.05, 0) is 12.8 Å². The van der Waals surface area contributed by atoms with E-state index in [1.807, 2.05) is 0 Å². The number of carbonyl (C=O) groups excluding carboxylic acids is 1. The molecule has 0 aromatic carbocycles. The molecule has 13 atom stereocenters. The summed E-state index contributed by atoms with van der Waals surface area (Å²) in [5, 5.41) is 97.7. The van der Waals surface area contributed by atoms with Crippen molar-refractivity contribution in [1.29, 1.82) is 0 Å². The van der Waals surface area contributed by atoms with Crippen LogP contribution in [0.5, 0.6) is 0 Å². The summed E-state index contributed by atoms with van der Waals surface area (Å²) >= 11 is 0. The minimum absolute atomic E-state index is 0.224. The van der Waals surface area contributed by atoms with Gasteiger partial charge in [-0.3, -0.25) is 4.79 Å². The third-order valence-electron chi connectivity index (χ3n) is 14.9. The minimum atomic E-state index is -1.77. The predicted molar refractivity (Wildman–Crippen MR) is 278 cm³/mol. The number of amides is 1. The monoisotopic (exact) mass is 1020 g/mol. The summed E-state index contributed by atoms with van der Waals surface area (Å²) in [7, 11) is 0. The maximum Gasteiger partial charge on any atom is 0.220 e. The van der Waals surface area contributed by atoms with E-state index in [0.717, 1.165) is 38.5 Å². The number of hydrogen-bond donors (Lipinski definition) is 10. The molecule has 15 nitrogen and oxygen atoms in total. The molecule has 0 unspecified atom stereocenters. The van der Waals surface area contributed by atoms with Gasteiger partial charge in [0, 0.05) is 6.42 Å². The molecule has 2 aliphatic heterocycles. The lowest BCUT2D eigenvalue weighted by Crippen LogP contribution is -2.62. The first kappa shape index (κ1) is 66.1. The van der Waals surface area contributed by atoms with Crippen LogP contribution in [-0.2, 0) is 23.7 Å². The molecule has 2 saturated heterocycles. The molecule has 0 radical (unpaired) electrons. The fourth-order valence-corrected chi connectivity index (χ4v) is 9.99. The zero-order valence-corrected chi connectivity index (χ0v) is 44.9. The molecule has 1 amide bonds. The van der Waals surface area contributed by atoms with Crippen LogP contribution in [0.4, 0.5) is 0 Å². The van der Waals surface area contributed by atoms with Crippen molar-refractivity contribution in [2.45, 2.75) is 331 Å². The van der Waals surface area contributed by atoms with Gasteiger partial charge in [0.1, 0.15) is 54.9 Å². The molecule has 2 heterocycles. The second-order valence-corrected chi connectivity index (χ2v) is 21.3. The van der Waals surface area contributed by atoms with Crippen LogP contribution >= 0.6 is 0 Å². The molecular weight excluding hydrogens is 911 g/mol. The van der Waals surface area contributed by atoms with Crippen LogP contribution in [0.2, 0.25) is 0 Å². The topological polar surface area (TPSA) is 248 Å². The van der Waals surface area contributed by atoms with Crippen LogP contribution in [0, 0.1) is 0 Å². The Morgan fingerprint density at radius 2 is 0.789 bits per heavy atom. The standard InChI is InChI=1S/C56H109NO14/c1-3-5-7-9-11-13-15-17-18-19-20-21-22-23-24-25-26-27-29-31-33-35-37-39-47(60)57-43(48(61)44(59)38-36-34-32-30-28-16-14-12-10-8-6-4-2)41-68-55-54(67)52(65)50(63)46(71-55)42-69-56-53(66)51(64)49(62)45(40-58)70-56/h43-46,48-56,58-59,61-67H,3-42H2,1-2H3,(H,57,60)/t43-,44+,45+,46+,48-,49-,50+,51-,52-,53+,54+,55+,56+/m0/s1. The second-order valence-electron chi connectivity index (χ2n) is 21.3. The number of nitrogens with one attached hydrogen (secondary N) is 1. The summed E-state index contributed by atoms with van der Waals surface area (Å²) in [6, 6.07) is -1.09. The SMILES string of the molecule is CCCCCCCCCCCCCCCCCCCCCCCCCC(=O)N[C@@H](CO[C@@H]1O[C@H](CO[C@@H]2O[C@H](CO)[C@H](O)[C@H](O)[C@H]2O)[C@@H](O)[C@H](O)[C@H]1O)[C@H](O)[C@H](O)CCCCCCCCCCCCCC. The summed E-state index contributed by atoms with van der Waals surface area (Å²) < 4.78 is 22.5. The molecule has 0 bridgehead atoms. The van der Waals surface area contributed by atoms with Gasteiger partial charge in [-0.15, -0.1) is 0 Å². The smallest absolute Gasteiger partial charge is 0.220 e. The maximum atomic E-state index is 13.3. The molecular formula is C56H109NO14. The van der Waals surface area contributed by atoms with Crippen molar-refractivity contribution >= 4 is 5.91 Å². The molecule has 10 N–H and O–H groups in total. The quantitative estimate of drug-likeness (QED) is 0.0258. The van der Waals surface area contributed by atoms with Crippen LogP contribution in [-0.4, -0.2) is 151 Å². The number of ether oxygens (including phenoxy) is 4. The van der Waals surface area contributed by atoms with Gasteiger partial charge in [0.15, 0.2) is 12.6 Å². The Morgan fingerprint density at radius 3 is 1.18 bits per heavy atom. The number of unbranched alkanes of at least 4 members (excludes halogenated alkanes) is 33. The van der Waals surface area contributed by atoms with E-state index in [-0.39, 0.29) is 12.3 Å². The van der Waals surface area contributed by atoms with Crippen molar-refractivity contribution in [3.8, 4) is 0 Å². The molecule has 2 rings (SSSR count). The van der Waals surface area contributed by atoms with Gasteiger partial charge >= 0.3 is 0 Å². The fraction of sp³-hybridized carbons (Fsp3) is 0.982. The zero-order valence-electron chi connectivity index (χ0n) is 44.9. The van der Waals surface area contributed by atoms with E-state index in [9.17, 15) is 50.8 Å². The molecule has 0 aromatic heterocycles. The molecule has 71 heavy (non-hydrogen) atoms. The lowest BCUT2D eigenvalue weighted by molar-refractivity contribution is -0.331. The van der Waals surface area contributed by atoms with E-state index in [0.29, 0.717) is 19.3 Å². The third-order valence-corrected chi connectivity index (χ3v) is 14.9. The van der Waals surface area contributed by atoms with Crippen LogP contribution in [0.15, 0.2) is 0 Å². The van der Waals surface area contributed by atoms with Crippen LogP contribution in [0.25, 0.3) is 0 Å². The summed E-state index contributed by atoms with van der Waals surface area (Å²) in [4.78, 5) is 13.3. The first-order valence-corrected chi connectivity index (χ1v) is 29.4. The van der Waals surface area contributed by atoms with E-state index in [4.69, 9.17) is 18.9 Å². The Hall–Kier alpha value is -1.05. The normalized spacial score (nSPS) is 26.1. The number of aliphatic hydroxyl groups is 9. The molecule has 0 spiro atoms. The largest absolute Gasteiger partial charge is 0.394 e. The molecule has 2 fully saturated rings. The Balaban J connectivity index is 1.75. The van der Waals surface area contributed by atoms with E-state index < -0.39 is 99.5 Å². The lowest BCUT2D eigenvalue weighted by Gasteiger charge is -2.43. The van der Waals surface area contributed by atoms with Gasteiger partial charge in [-0.2, -0.15) is 0 Å². The highest BCUT2D eigenvalue weighted by atomic mass is 16.7. The average Bonchev–Trinajstić information content (AvgIpc) is 3.37. The number of rotatable bonds is 47. The Labute approximate surface area is 430 Å². The highest BCUT2D eigenvalue weighted by molar-refractivity contribution is 5.76. The van der Waals surface area contributed by atoms with E-state index in [1.165, 1.54) is 173 Å². The second kappa shape index (κ2) is 43.1. The lowest BCUT2D eigenvalue weighted by atomic mass is 9.98. The van der Waals surface area contributed by atoms with E-state index in [2.05, 4.69) is 19.2 Å².